The summed E-state index contributed by atoms with van der Waals surface area (Å²) in [6.07, 6.45) is 0. The number of fused-ring (bicyclic) bond motifs is 4. The first kappa shape index (κ1) is 16.6. The fourth-order valence-electron chi connectivity index (χ4n) is 3.84. The van der Waals surface area contributed by atoms with Crippen LogP contribution in [-0.4, -0.2) is 9.97 Å². The van der Waals surface area contributed by atoms with Gasteiger partial charge in [-0.05, 0) is 29.8 Å². The number of rotatable bonds is 2. The number of hydrogen-bond donors (Lipinski definition) is 0. The van der Waals surface area contributed by atoms with Gasteiger partial charge >= 0.3 is 0 Å². The zero-order chi connectivity index (χ0) is 19.2. The highest BCUT2D eigenvalue weighted by atomic mass is 32.2. The molecule has 29 heavy (non-hydrogen) atoms. The van der Waals surface area contributed by atoms with Gasteiger partial charge < -0.3 is 4.90 Å². The minimum Gasteiger partial charge on any atom is -0.305 e. The molecule has 3 heterocycles. The van der Waals surface area contributed by atoms with Gasteiger partial charge in [0.05, 0.1) is 27.4 Å². The van der Waals surface area contributed by atoms with Gasteiger partial charge in [-0.25, -0.2) is 9.97 Å². The monoisotopic (exact) mass is 391 g/mol. The summed E-state index contributed by atoms with van der Waals surface area (Å²) >= 11 is 1.76. The van der Waals surface area contributed by atoms with Crippen molar-refractivity contribution in [2.45, 2.75) is 16.3 Å². The molecular formula is C25H17N3S. The lowest BCUT2D eigenvalue weighted by atomic mass is 10.1. The largest absolute Gasteiger partial charge is 0.305 e. The van der Waals surface area contributed by atoms with Gasteiger partial charge in [-0.1, -0.05) is 78.5 Å². The van der Waals surface area contributed by atoms with Crippen molar-refractivity contribution < 1.29 is 0 Å². The molecule has 0 radical (unpaired) electrons. The number of anilines is 2. The standard InChI is InChI=1S/C25H17N3S/c1-2-8-17(9-3-1)16-28-24-22(14-18-10-4-6-12-20(18)26-24)29-23-15-19-11-5-7-13-21(19)27-25(23)28/h1-15H,16H2. The summed E-state index contributed by atoms with van der Waals surface area (Å²) in [5.74, 6) is 1.96. The Morgan fingerprint density at radius 3 is 1.72 bits per heavy atom. The number of para-hydroxylation sites is 2. The third-order valence-corrected chi connectivity index (χ3v) is 6.30. The van der Waals surface area contributed by atoms with Crippen LogP contribution in [-0.2, 0) is 6.54 Å². The molecule has 3 nitrogen and oxygen atoms in total. The van der Waals surface area contributed by atoms with Crippen LogP contribution in [0, 0.1) is 0 Å². The van der Waals surface area contributed by atoms with Crippen LogP contribution < -0.4 is 4.90 Å². The summed E-state index contributed by atoms with van der Waals surface area (Å²) in [6.45, 7) is 0.734. The molecule has 5 aromatic rings. The maximum atomic E-state index is 5.04. The predicted octanol–water partition coefficient (Wildman–Crippen LogP) is 6.59. The Balaban J connectivity index is 1.59. The topological polar surface area (TPSA) is 29.0 Å². The molecule has 0 N–H and O–H groups in total. The second-order valence-corrected chi connectivity index (χ2v) is 8.26. The molecule has 0 saturated heterocycles. The van der Waals surface area contributed by atoms with Crippen molar-refractivity contribution in [3.8, 4) is 0 Å². The minimum atomic E-state index is 0.734. The Labute approximate surface area is 173 Å². The molecule has 0 saturated carbocycles. The second kappa shape index (κ2) is 6.61. The van der Waals surface area contributed by atoms with Crippen LogP contribution in [0.15, 0.2) is 101 Å². The Morgan fingerprint density at radius 1 is 0.621 bits per heavy atom. The normalized spacial score (nSPS) is 12.8. The average molecular weight is 391 g/mol. The number of aromatic nitrogens is 2. The van der Waals surface area contributed by atoms with Gasteiger partial charge in [0.1, 0.15) is 11.6 Å². The SMILES string of the molecule is c1ccc(CN2c3nc4ccccc4cc3Sc3cc4ccccc4nc32)cc1. The third kappa shape index (κ3) is 2.84. The van der Waals surface area contributed by atoms with E-state index in [0.717, 1.165) is 40.0 Å². The quantitative estimate of drug-likeness (QED) is 0.340. The van der Waals surface area contributed by atoms with Gasteiger partial charge in [0.15, 0.2) is 0 Å². The van der Waals surface area contributed by atoms with E-state index in [1.165, 1.54) is 15.4 Å². The molecule has 0 fully saturated rings. The van der Waals surface area contributed by atoms with E-state index in [0.29, 0.717) is 0 Å². The van der Waals surface area contributed by atoms with Gasteiger partial charge in [-0.3, -0.25) is 0 Å². The average Bonchev–Trinajstić information content (AvgIpc) is 2.77. The van der Waals surface area contributed by atoms with Crippen LogP contribution in [0.5, 0.6) is 0 Å². The molecule has 0 bridgehead atoms. The summed E-state index contributed by atoms with van der Waals surface area (Å²) in [7, 11) is 0. The maximum absolute atomic E-state index is 5.04. The number of pyridine rings is 2. The zero-order valence-corrected chi connectivity index (χ0v) is 16.4. The fraction of sp³-hybridized carbons (Fsp3) is 0.0400. The van der Waals surface area contributed by atoms with Crippen molar-refractivity contribution in [3.63, 3.8) is 0 Å². The van der Waals surface area contributed by atoms with Crippen molar-refractivity contribution in [3.05, 3.63) is 96.6 Å². The molecule has 0 unspecified atom stereocenters. The molecule has 138 valence electrons. The Morgan fingerprint density at radius 2 is 1.14 bits per heavy atom. The zero-order valence-electron chi connectivity index (χ0n) is 15.6. The summed E-state index contributed by atoms with van der Waals surface area (Å²) in [5, 5.41) is 2.33. The van der Waals surface area contributed by atoms with Gasteiger partial charge in [0.2, 0.25) is 0 Å². The molecule has 0 spiro atoms. The highest BCUT2D eigenvalue weighted by molar-refractivity contribution is 7.99. The summed E-state index contributed by atoms with van der Waals surface area (Å²) < 4.78 is 0. The van der Waals surface area contributed by atoms with Crippen molar-refractivity contribution >= 4 is 45.2 Å². The highest BCUT2D eigenvalue weighted by Crippen LogP contribution is 2.48. The number of hydrogen-bond acceptors (Lipinski definition) is 4. The van der Waals surface area contributed by atoms with E-state index in [2.05, 4.69) is 83.8 Å². The number of benzene rings is 3. The van der Waals surface area contributed by atoms with Crippen LogP contribution >= 0.6 is 11.8 Å². The fourth-order valence-corrected chi connectivity index (χ4v) is 4.95. The number of nitrogens with zero attached hydrogens (tertiary/aromatic N) is 3. The lowest BCUT2D eigenvalue weighted by Crippen LogP contribution is -2.22. The van der Waals surface area contributed by atoms with E-state index >= 15 is 0 Å². The van der Waals surface area contributed by atoms with E-state index in [1.807, 2.05) is 12.1 Å². The summed E-state index contributed by atoms with van der Waals surface area (Å²) in [5.41, 5.74) is 3.25. The first-order valence-corrected chi connectivity index (χ1v) is 10.5. The Kier molecular flexibility index (Phi) is 3.77. The first-order chi connectivity index (χ1) is 14.3. The van der Waals surface area contributed by atoms with Crippen molar-refractivity contribution in [2.24, 2.45) is 0 Å². The van der Waals surface area contributed by atoms with Crippen LogP contribution in [0.4, 0.5) is 11.6 Å². The van der Waals surface area contributed by atoms with Gasteiger partial charge in [-0.15, -0.1) is 0 Å². The van der Waals surface area contributed by atoms with Gasteiger partial charge in [0.25, 0.3) is 0 Å². The Bertz CT molecular complexity index is 1280. The molecule has 2 aromatic heterocycles. The molecule has 0 atom stereocenters. The van der Waals surface area contributed by atoms with Crippen molar-refractivity contribution in [1.29, 1.82) is 0 Å². The van der Waals surface area contributed by atoms with Gasteiger partial charge in [-0.2, -0.15) is 0 Å². The van der Waals surface area contributed by atoms with E-state index in [9.17, 15) is 0 Å². The van der Waals surface area contributed by atoms with Crippen LogP contribution in [0.2, 0.25) is 0 Å². The minimum absolute atomic E-state index is 0.734. The lowest BCUT2D eigenvalue weighted by molar-refractivity contribution is 0.892. The van der Waals surface area contributed by atoms with E-state index < -0.39 is 0 Å². The molecule has 1 aliphatic rings. The van der Waals surface area contributed by atoms with E-state index in [1.54, 1.807) is 11.8 Å². The van der Waals surface area contributed by atoms with Crippen molar-refractivity contribution in [2.75, 3.05) is 4.90 Å². The van der Waals surface area contributed by atoms with Crippen molar-refractivity contribution in [1.82, 2.24) is 9.97 Å². The molecule has 0 aliphatic carbocycles. The van der Waals surface area contributed by atoms with E-state index in [4.69, 9.17) is 9.97 Å². The highest BCUT2D eigenvalue weighted by Gasteiger charge is 2.27. The second-order valence-electron chi connectivity index (χ2n) is 7.18. The Hall–Kier alpha value is -3.37. The van der Waals surface area contributed by atoms with Crippen LogP contribution in [0.25, 0.3) is 21.8 Å². The molecule has 0 amide bonds. The summed E-state index contributed by atoms with van der Waals surface area (Å²) in [6, 6.07) is 31.6. The molecule has 4 heteroatoms. The predicted molar refractivity (Wildman–Crippen MR) is 120 cm³/mol. The molecule has 6 rings (SSSR count). The molecular weight excluding hydrogens is 374 g/mol. The maximum Gasteiger partial charge on any atom is 0.149 e. The van der Waals surface area contributed by atoms with Crippen LogP contribution in [0.1, 0.15) is 5.56 Å². The first-order valence-electron chi connectivity index (χ1n) is 9.64. The lowest BCUT2D eigenvalue weighted by Gasteiger charge is -2.31. The van der Waals surface area contributed by atoms with Gasteiger partial charge in [0, 0.05) is 10.8 Å². The molecule has 1 aliphatic heterocycles. The smallest absolute Gasteiger partial charge is 0.149 e. The molecule has 3 aromatic carbocycles. The van der Waals surface area contributed by atoms with Crippen LogP contribution in [0.3, 0.4) is 0 Å². The third-order valence-electron chi connectivity index (χ3n) is 5.25. The van der Waals surface area contributed by atoms with E-state index in [-0.39, 0.29) is 0 Å². The summed E-state index contributed by atoms with van der Waals surface area (Å²) in [4.78, 5) is 14.7.